The molecule has 0 amide bonds. The molecule has 0 unspecified atom stereocenters. The highest BCUT2D eigenvalue weighted by Crippen LogP contribution is 2.49. The van der Waals surface area contributed by atoms with Gasteiger partial charge in [0.15, 0.2) is 11.8 Å². The highest BCUT2D eigenvalue weighted by Gasteiger charge is 2.39. The molecule has 3 heteroatoms. The van der Waals surface area contributed by atoms with E-state index >= 15 is 0 Å². The lowest BCUT2D eigenvalue weighted by atomic mass is 9.62. The number of hydrogen-bond donors (Lipinski definition) is 0. The van der Waals surface area contributed by atoms with Crippen molar-refractivity contribution in [2.45, 2.75) is 58.3 Å². The van der Waals surface area contributed by atoms with Crippen LogP contribution in [0.5, 0.6) is 0 Å². The number of nitrogens with zero attached hydrogens (tertiary/aromatic N) is 2. The van der Waals surface area contributed by atoms with Gasteiger partial charge in [-0.3, -0.25) is 0 Å². The topological polar surface area (TPSA) is 29.9 Å². The lowest BCUT2D eigenvalue weighted by Gasteiger charge is -2.42. The summed E-state index contributed by atoms with van der Waals surface area (Å²) in [5.74, 6) is 0. The van der Waals surface area contributed by atoms with Crippen molar-refractivity contribution in [3.63, 3.8) is 0 Å². The summed E-state index contributed by atoms with van der Waals surface area (Å²) in [4.78, 5) is 4.71. The first kappa shape index (κ1) is 22.5. The molecule has 0 saturated carbocycles. The average Bonchev–Trinajstić information content (AvgIpc) is 3.26. The van der Waals surface area contributed by atoms with Crippen LogP contribution < -0.4 is 4.57 Å². The van der Waals surface area contributed by atoms with Crippen molar-refractivity contribution in [3.8, 4) is 11.3 Å². The summed E-state index contributed by atoms with van der Waals surface area (Å²) in [6.45, 7) is 11.8. The molecule has 184 valence electrons. The van der Waals surface area contributed by atoms with E-state index in [1.165, 1.54) is 51.4 Å². The van der Waals surface area contributed by atoms with Gasteiger partial charge in [0, 0.05) is 23.0 Å². The van der Waals surface area contributed by atoms with E-state index in [0.29, 0.717) is 5.71 Å². The van der Waals surface area contributed by atoms with Crippen molar-refractivity contribution in [1.82, 2.24) is 4.98 Å². The zero-order valence-corrected chi connectivity index (χ0v) is 22.6. The number of rotatable bonds is 1. The fourth-order valence-electron chi connectivity index (χ4n) is 6.80. The number of aryl methyl sites for hydroxylation is 2. The Balaban J connectivity index is 1.62. The standard InChI is InChI=1S/C34H33N2O/c1-20-11-12-25-28-22-10-8-7-9-21(22)19-35-32(28)37-31(25)27(20)30-24-13-14-26-29(23(24)15-18-36(30)6)34(4,5)17-16-33(26,2)3/h7-15,18-19H,16-17H2,1-6H3/q+1. The van der Waals surface area contributed by atoms with Gasteiger partial charge in [-0.1, -0.05) is 70.2 Å². The second-order valence-corrected chi connectivity index (χ2v) is 12.3. The van der Waals surface area contributed by atoms with E-state index in [-0.39, 0.29) is 10.8 Å². The minimum atomic E-state index is 0.130. The lowest BCUT2D eigenvalue weighted by Crippen LogP contribution is -2.35. The van der Waals surface area contributed by atoms with Crippen LogP contribution in [0.4, 0.5) is 0 Å². The maximum absolute atomic E-state index is 6.59. The van der Waals surface area contributed by atoms with E-state index in [9.17, 15) is 0 Å². The third-order valence-electron chi connectivity index (χ3n) is 8.93. The predicted molar refractivity (Wildman–Crippen MR) is 153 cm³/mol. The molecule has 37 heavy (non-hydrogen) atoms. The Morgan fingerprint density at radius 3 is 2.41 bits per heavy atom. The number of aromatic nitrogens is 2. The fourth-order valence-corrected chi connectivity index (χ4v) is 6.80. The van der Waals surface area contributed by atoms with Crippen molar-refractivity contribution >= 4 is 43.6 Å². The number of hydrogen-bond acceptors (Lipinski definition) is 2. The number of pyridine rings is 2. The van der Waals surface area contributed by atoms with Crippen molar-refractivity contribution in [2.75, 3.05) is 0 Å². The number of fused-ring (bicyclic) bond motifs is 8. The molecule has 1 aliphatic rings. The summed E-state index contributed by atoms with van der Waals surface area (Å²) in [5.41, 5.74) is 8.48. The molecule has 3 aromatic heterocycles. The Morgan fingerprint density at radius 1 is 0.811 bits per heavy atom. The fraction of sp³-hybridized carbons (Fsp3) is 0.294. The van der Waals surface area contributed by atoms with Crippen molar-refractivity contribution in [2.24, 2.45) is 7.05 Å². The van der Waals surface area contributed by atoms with Crippen LogP contribution in [0, 0.1) is 6.92 Å². The van der Waals surface area contributed by atoms with Crippen LogP contribution in [0.3, 0.4) is 0 Å². The summed E-state index contributed by atoms with van der Waals surface area (Å²) >= 11 is 0. The smallest absolute Gasteiger partial charge is 0.227 e. The van der Waals surface area contributed by atoms with Crippen LogP contribution in [0.1, 0.15) is 57.2 Å². The van der Waals surface area contributed by atoms with Gasteiger partial charge in [0.05, 0.1) is 16.3 Å². The second kappa shape index (κ2) is 7.41. The molecule has 0 bridgehead atoms. The van der Waals surface area contributed by atoms with E-state index in [0.717, 1.165) is 27.3 Å². The Hall–Kier alpha value is -3.72. The molecule has 0 atom stereocenters. The van der Waals surface area contributed by atoms with Crippen LogP contribution >= 0.6 is 0 Å². The molecule has 3 nitrogen and oxygen atoms in total. The first-order valence-electron chi connectivity index (χ1n) is 13.3. The first-order chi connectivity index (χ1) is 17.7. The molecule has 0 fully saturated rings. The van der Waals surface area contributed by atoms with Gasteiger partial charge < -0.3 is 4.42 Å². The van der Waals surface area contributed by atoms with E-state index in [1.807, 2.05) is 6.20 Å². The van der Waals surface area contributed by atoms with E-state index in [2.05, 4.69) is 107 Å². The van der Waals surface area contributed by atoms with Crippen molar-refractivity contribution in [1.29, 1.82) is 0 Å². The molecule has 0 aliphatic heterocycles. The number of benzene rings is 3. The van der Waals surface area contributed by atoms with Crippen LogP contribution in [-0.4, -0.2) is 4.98 Å². The maximum Gasteiger partial charge on any atom is 0.227 e. The van der Waals surface area contributed by atoms with Gasteiger partial charge in [0.25, 0.3) is 0 Å². The van der Waals surface area contributed by atoms with E-state index in [4.69, 9.17) is 9.40 Å². The Kier molecular flexibility index (Phi) is 4.50. The van der Waals surface area contributed by atoms with Gasteiger partial charge in [0.2, 0.25) is 11.4 Å². The molecule has 0 radical (unpaired) electrons. The van der Waals surface area contributed by atoms with Crippen molar-refractivity contribution in [3.05, 3.63) is 83.7 Å². The molecule has 3 heterocycles. The Bertz CT molecular complexity index is 1910. The maximum atomic E-state index is 6.59. The molecule has 7 rings (SSSR count). The summed E-state index contributed by atoms with van der Waals surface area (Å²) in [7, 11) is 2.15. The summed E-state index contributed by atoms with van der Waals surface area (Å²) in [6, 6.07) is 19.9. The molecule has 6 aromatic rings. The minimum Gasteiger partial charge on any atom is -0.437 e. The van der Waals surface area contributed by atoms with Gasteiger partial charge in [0.1, 0.15) is 7.05 Å². The molecule has 0 spiro atoms. The quantitative estimate of drug-likeness (QED) is 0.219. The normalized spacial score (nSPS) is 16.6. The first-order valence-corrected chi connectivity index (χ1v) is 13.3. The summed E-state index contributed by atoms with van der Waals surface area (Å²) in [5, 5.41) is 7.17. The predicted octanol–water partition coefficient (Wildman–Crippen LogP) is 8.44. The zero-order valence-electron chi connectivity index (χ0n) is 22.6. The summed E-state index contributed by atoms with van der Waals surface area (Å²) in [6.07, 6.45) is 6.55. The lowest BCUT2D eigenvalue weighted by molar-refractivity contribution is -0.659. The van der Waals surface area contributed by atoms with Gasteiger partial charge in [-0.05, 0) is 64.1 Å². The molecular weight excluding hydrogens is 452 g/mol. The third-order valence-corrected chi connectivity index (χ3v) is 8.93. The third kappa shape index (κ3) is 3.06. The van der Waals surface area contributed by atoms with Crippen LogP contribution in [0.15, 0.2) is 71.4 Å². The molecule has 1 aliphatic carbocycles. The zero-order chi connectivity index (χ0) is 25.7. The highest BCUT2D eigenvalue weighted by molar-refractivity contribution is 6.20. The van der Waals surface area contributed by atoms with Crippen molar-refractivity contribution < 1.29 is 8.98 Å². The SMILES string of the molecule is Cc1ccc2c(oc3ncc4ccccc4c32)c1-c1c2ccc3c(c2cc[n+]1C)C(C)(C)CCC3(C)C. The summed E-state index contributed by atoms with van der Waals surface area (Å²) < 4.78 is 8.85. The molecule has 3 aromatic carbocycles. The van der Waals surface area contributed by atoms with Crippen LogP contribution in [0.25, 0.3) is 54.9 Å². The van der Waals surface area contributed by atoms with Gasteiger partial charge in [-0.15, -0.1) is 0 Å². The Morgan fingerprint density at radius 2 is 1.57 bits per heavy atom. The monoisotopic (exact) mass is 485 g/mol. The Labute approximate surface area is 217 Å². The van der Waals surface area contributed by atoms with E-state index in [1.54, 1.807) is 0 Å². The van der Waals surface area contributed by atoms with Gasteiger partial charge in [-0.25, -0.2) is 9.55 Å². The van der Waals surface area contributed by atoms with Gasteiger partial charge in [-0.2, -0.15) is 0 Å². The van der Waals surface area contributed by atoms with Crippen LogP contribution in [-0.2, 0) is 17.9 Å². The van der Waals surface area contributed by atoms with E-state index < -0.39 is 0 Å². The number of furan rings is 1. The molecule has 0 N–H and O–H groups in total. The second-order valence-electron chi connectivity index (χ2n) is 12.3. The van der Waals surface area contributed by atoms with Crippen LogP contribution in [0.2, 0.25) is 0 Å². The largest absolute Gasteiger partial charge is 0.437 e. The highest BCUT2D eigenvalue weighted by atomic mass is 16.3. The minimum absolute atomic E-state index is 0.130. The molecule has 0 saturated heterocycles. The van der Waals surface area contributed by atoms with Gasteiger partial charge >= 0.3 is 0 Å². The molecular formula is C34H33N2O+. The average molecular weight is 486 g/mol.